The zero-order chi connectivity index (χ0) is 8.97. The van der Waals surface area contributed by atoms with Gasteiger partial charge in [0, 0.05) is 11.8 Å². The van der Waals surface area contributed by atoms with Gasteiger partial charge in [0.1, 0.15) is 0 Å². The van der Waals surface area contributed by atoms with E-state index in [1.165, 1.54) is 6.20 Å². The summed E-state index contributed by atoms with van der Waals surface area (Å²) in [5, 5.41) is 0. The molecule has 0 spiro atoms. The van der Waals surface area contributed by atoms with Gasteiger partial charge in [-0.05, 0) is 30.7 Å². The Labute approximate surface area is 70.9 Å². The maximum atomic E-state index is 13.0. The number of rotatable bonds is 3. The van der Waals surface area contributed by atoms with E-state index in [-0.39, 0.29) is 0 Å². The number of nitrogens with two attached hydrogens (primary N) is 1. The minimum atomic E-state index is -0.476. The van der Waals surface area contributed by atoms with Crippen LogP contribution in [0.3, 0.4) is 0 Å². The lowest BCUT2D eigenvalue weighted by atomic mass is 10.1. The van der Waals surface area contributed by atoms with Crippen molar-refractivity contribution in [1.82, 2.24) is 4.98 Å². The largest absolute Gasteiger partial charge is 0.330 e. The minimum absolute atomic E-state index is 0.461. The molecule has 0 aliphatic heterocycles. The Morgan fingerprint density at radius 3 is 3.00 bits per heavy atom. The number of halogens is 1. The van der Waals surface area contributed by atoms with Crippen LogP contribution in [0.15, 0.2) is 24.9 Å². The lowest BCUT2D eigenvalue weighted by Crippen LogP contribution is -2.01. The summed E-state index contributed by atoms with van der Waals surface area (Å²) in [5.41, 5.74) is 6.47. The molecule has 0 saturated heterocycles. The van der Waals surface area contributed by atoms with Crippen molar-refractivity contribution in [3.05, 3.63) is 36.4 Å². The topological polar surface area (TPSA) is 38.9 Å². The van der Waals surface area contributed by atoms with E-state index in [4.69, 9.17) is 5.73 Å². The third-order valence-electron chi connectivity index (χ3n) is 1.59. The van der Waals surface area contributed by atoms with Gasteiger partial charge in [0.05, 0.1) is 0 Å². The maximum absolute atomic E-state index is 13.0. The molecular weight excluding hydrogens is 155 g/mol. The van der Waals surface area contributed by atoms with Gasteiger partial charge < -0.3 is 5.73 Å². The molecule has 0 bridgehead atoms. The van der Waals surface area contributed by atoms with E-state index in [0.717, 1.165) is 0 Å². The quantitative estimate of drug-likeness (QED) is 0.692. The van der Waals surface area contributed by atoms with Gasteiger partial charge in [-0.1, -0.05) is 6.58 Å². The zero-order valence-electron chi connectivity index (χ0n) is 6.76. The molecule has 1 rings (SSSR count). The minimum Gasteiger partial charge on any atom is -0.330 e. The zero-order valence-corrected chi connectivity index (χ0v) is 6.76. The van der Waals surface area contributed by atoms with Crippen LogP contribution in [0.4, 0.5) is 4.39 Å². The maximum Gasteiger partial charge on any atom is 0.220 e. The Kier molecular flexibility index (Phi) is 2.94. The van der Waals surface area contributed by atoms with Gasteiger partial charge in [0.15, 0.2) is 0 Å². The summed E-state index contributed by atoms with van der Waals surface area (Å²) in [6.45, 7) is 4.19. The first-order chi connectivity index (χ1) is 5.75. The van der Waals surface area contributed by atoms with E-state index in [1.54, 1.807) is 12.1 Å². The molecule has 0 aromatic carbocycles. The predicted octanol–water partition coefficient (Wildman–Crippen LogP) is 1.58. The third kappa shape index (κ3) is 1.89. The van der Waals surface area contributed by atoms with Gasteiger partial charge in [0.2, 0.25) is 5.95 Å². The summed E-state index contributed by atoms with van der Waals surface area (Å²) in [6.07, 6.45) is 2.01. The van der Waals surface area contributed by atoms with Crippen molar-refractivity contribution < 1.29 is 4.39 Å². The van der Waals surface area contributed by atoms with E-state index < -0.39 is 5.95 Å². The fourth-order valence-electron chi connectivity index (χ4n) is 0.959. The molecule has 12 heavy (non-hydrogen) atoms. The number of aromatic nitrogens is 1. The highest BCUT2D eigenvalue weighted by Gasteiger charge is 2.04. The summed E-state index contributed by atoms with van der Waals surface area (Å²) in [6, 6.07) is 3.33. The van der Waals surface area contributed by atoms with E-state index >= 15 is 0 Å². The van der Waals surface area contributed by atoms with Gasteiger partial charge >= 0.3 is 0 Å². The van der Waals surface area contributed by atoms with E-state index in [9.17, 15) is 4.39 Å². The number of nitrogens with zero attached hydrogens (tertiary/aromatic N) is 1. The van der Waals surface area contributed by atoms with Crippen LogP contribution in [0.1, 0.15) is 12.0 Å². The molecule has 0 amide bonds. The van der Waals surface area contributed by atoms with E-state index in [2.05, 4.69) is 11.6 Å². The summed E-state index contributed by atoms with van der Waals surface area (Å²) >= 11 is 0. The molecule has 0 unspecified atom stereocenters. The highest BCUT2D eigenvalue weighted by molar-refractivity contribution is 5.62. The van der Waals surface area contributed by atoms with Crippen LogP contribution in [-0.4, -0.2) is 11.5 Å². The molecule has 0 fully saturated rings. The lowest BCUT2D eigenvalue weighted by Gasteiger charge is -2.03. The molecule has 64 valence electrons. The first-order valence-electron chi connectivity index (χ1n) is 3.74. The molecule has 0 radical (unpaired) electrons. The van der Waals surface area contributed by atoms with Crippen molar-refractivity contribution in [3.63, 3.8) is 0 Å². The Balaban J connectivity index is 2.87. The third-order valence-corrected chi connectivity index (χ3v) is 1.59. The van der Waals surface area contributed by atoms with Crippen LogP contribution >= 0.6 is 0 Å². The molecule has 0 aliphatic carbocycles. The number of hydrogen-bond acceptors (Lipinski definition) is 2. The molecule has 1 aromatic rings. The molecule has 0 saturated carbocycles. The van der Waals surface area contributed by atoms with Crippen molar-refractivity contribution in [2.24, 2.45) is 5.73 Å². The predicted molar refractivity (Wildman–Crippen MR) is 46.9 cm³/mol. The number of pyridine rings is 1. The standard InChI is InChI=1S/C9H11FN2/c1-7(4-5-11)8-3-2-6-12-9(8)10/h2-3,6H,1,4-5,11H2. The summed E-state index contributed by atoms with van der Waals surface area (Å²) in [4.78, 5) is 3.51. The van der Waals surface area contributed by atoms with Gasteiger partial charge in [-0.25, -0.2) is 4.98 Å². The highest BCUT2D eigenvalue weighted by Crippen LogP contribution is 2.16. The van der Waals surface area contributed by atoms with Crippen LogP contribution in [0.5, 0.6) is 0 Å². The molecule has 0 aliphatic rings. The van der Waals surface area contributed by atoms with Crippen molar-refractivity contribution in [3.8, 4) is 0 Å². The van der Waals surface area contributed by atoms with Gasteiger partial charge in [-0.3, -0.25) is 0 Å². The van der Waals surface area contributed by atoms with Crippen LogP contribution < -0.4 is 5.73 Å². The highest BCUT2D eigenvalue weighted by atomic mass is 19.1. The Hall–Kier alpha value is -1.22. The Morgan fingerprint density at radius 2 is 2.42 bits per heavy atom. The lowest BCUT2D eigenvalue weighted by molar-refractivity contribution is 0.579. The monoisotopic (exact) mass is 166 g/mol. The summed E-state index contributed by atoms with van der Waals surface area (Å²) < 4.78 is 13.0. The number of hydrogen-bond donors (Lipinski definition) is 1. The van der Waals surface area contributed by atoms with Gasteiger partial charge in [-0.2, -0.15) is 4.39 Å². The smallest absolute Gasteiger partial charge is 0.220 e. The second-order valence-corrected chi connectivity index (χ2v) is 2.48. The molecule has 3 heteroatoms. The second-order valence-electron chi connectivity index (χ2n) is 2.48. The summed E-state index contributed by atoms with van der Waals surface area (Å²) in [7, 11) is 0. The van der Waals surface area contributed by atoms with Crippen molar-refractivity contribution >= 4 is 5.57 Å². The normalized spacial score (nSPS) is 9.83. The van der Waals surface area contributed by atoms with Crippen LogP contribution in [0.2, 0.25) is 0 Å². The molecular formula is C9H11FN2. The second kappa shape index (κ2) is 3.97. The molecule has 0 atom stereocenters. The average molecular weight is 166 g/mol. The van der Waals surface area contributed by atoms with Gasteiger partial charge in [-0.15, -0.1) is 0 Å². The average Bonchev–Trinajstić information content (AvgIpc) is 2.05. The van der Waals surface area contributed by atoms with Gasteiger partial charge in [0.25, 0.3) is 0 Å². The molecule has 1 heterocycles. The Bertz CT molecular complexity index is 284. The fourth-order valence-corrected chi connectivity index (χ4v) is 0.959. The molecule has 1 aromatic heterocycles. The molecule has 2 N–H and O–H groups in total. The van der Waals surface area contributed by atoms with Crippen molar-refractivity contribution in [2.75, 3.05) is 6.54 Å². The first kappa shape index (κ1) is 8.87. The van der Waals surface area contributed by atoms with Crippen LogP contribution in [-0.2, 0) is 0 Å². The summed E-state index contributed by atoms with van der Waals surface area (Å²) in [5.74, 6) is -0.476. The Morgan fingerprint density at radius 1 is 1.67 bits per heavy atom. The first-order valence-corrected chi connectivity index (χ1v) is 3.74. The van der Waals surface area contributed by atoms with E-state index in [1.807, 2.05) is 0 Å². The van der Waals surface area contributed by atoms with Crippen LogP contribution in [0, 0.1) is 5.95 Å². The van der Waals surface area contributed by atoms with Crippen LogP contribution in [0.25, 0.3) is 5.57 Å². The van der Waals surface area contributed by atoms with E-state index in [0.29, 0.717) is 24.1 Å². The fraction of sp³-hybridized carbons (Fsp3) is 0.222. The SMILES string of the molecule is C=C(CCN)c1cccnc1F. The van der Waals surface area contributed by atoms with Crippen molar-refractivity contribution in [1.29, 1.82) is 0 Å². The molecule has 2 nitrogen and oxygen atoms in total. The van der Waals surface area contributed by atoms with Crippen molar-refractivity contribution in [2.45, 2.75) is 6.42 Å².